The maximum atomic E-state index is 13.0. The van der Waals surface area contributed by atoms with E-state index in [9.17, 15) is 22.0 Å². The minimum Gasteiger partial charge on any atom is -0.475 e. The topological polar surface area (TPSA) is 35.2 Å². The van der Waals surface area contributed by atoms with Crippen molar-refractivity contribution in [3.8, 4) is 5.75 Å². The van der Waals surface area contributed by atoms with Crippen LogP contribution in [0, 0.1) is 11.6 Å². The van der Waals surface area contributed by atoms with Crippen molar-refractivity contribution < 1.29 is 26.7 Å². The average Bonchev–Trinajstić information content (AvgIpc) is 2.08. The summed E-state index contributed by atoms with van der Waals surface area (Å²) in [6.07, 6.45) is -7.00. The minimum absolute atomic E-state index is 0.234. The molecular formula is C9H8F5NO. The van der Waals surface area contributed by atoms with Gasteiger partial charge in [-0.15, -0.1) is 0 Å². The van der Waals surface area contributed by atoms with Crippen LogP contribution in [-0.2, 0) is 0 Å². The molecule has 1 rings (SSSR count). The van der Waals surface area contributed by atoms with Crippen molar-refractivity contribution in [2.24, 2.45) is 0 Å². The van der Waals surface area contributed by atoms with Crippen LogP contribution in [0.25, 0.3) is 0 Å². The molecule has 1 aromatic rings. The van der Waals surface area contributed by atoms with Gasteiger partial charge in [-0.3, -0.25) is 0 Å². The first-order valence-electron chi connectivity index (χ1n) is 4.19. The number of hydrogen-bond donors (Lipinski definition) is 1. The van der Waals surface area contributed by atoms with E-state index in [2.05, 4.69) is 4.74 Å². The summed E-state index contributed by atoms with van der Waals surface area (Å²) < 4.78 is 66.5. The smallest absolute Gasteiger partial charge is 0.425 e. The Morgan fingerprint density at radius 1 is 1.19 bits per heavy atom. The minimum atomic E-state index is -4.69. The van der Waals surface area contributed by atoms with E-state index in [0.717, 1.165) is 0 Å². The summed E-state index contributed by atoms with van der Waals surface area (Å²) in [7, 11) is 0. The molecule has 0 aromatic heterocycles. The Kier molecular flexibility index (Phi) is 3.25. The summed E-state index contributed by atoms with van der Waals surface area (Å²) in [6, 6.07) is 1.36. The Hall–Kier alpha value is -1.53. The number of benzene rings is 1. The van der Waals surface area contributed by atoms with E-state index in [1.165, 1.54) is 0 Å². The van der Waals surface area contributed by atoms with E-state index in [4.69, 9.17) is 5.73 Å². The van der Waals surface area contributed by atoms with Crippen molar-refractivity contribution >= 4 is 5.69 Å². The molecule has 0 amide bonds. The van der Waals surface area contributed by atoms with E-state index in [1.54, 1.807) is 0 Å². The van der Waals surface area contributed by atoms with Crippen molar-refractivity contribution in [1.29, 1.82) is 0 Å². The SMILES string of the molecule is CC(Oc1c(F)cc(N)cc1F)C(F)(F)F. The Morgan fingerprint density at radius 3 is 2.00 bits per heavy atom. The number of alkyl halides is 3. The number of nitrogen functional groups attached to an aromatic ring is 1. The van der Waals surface area contributed by atoms with E-state index in [-0.39, 0.29) is 5.69 Å². The monoisotopic (exact) mass is 241 g/mol. The number of ether oxygens (including phenoxy) is 1. The van der Waals surface area contributed by atoms with Crippen LogP contribution >= 0.6 is 0 Å². The lowest BCUT2D eigenvalue weighted by Gasteiger charge is -2.18. The Labute approximate surface area is 87.8 Å². The van der Waals surface area contributed by atoms with Gasteiger partial charge in [-0.05, 0) is 6.92 Å². The molecule has 0 aliphatic heterocycles. The third kappa shape index (κ3) is 2.74. The van der Waals surface area contributed by atoms with Crippen LogP contribution in [0.1, 0.15) is 6.92 Å². The Morgan fingerprint density at radius 2 is 1.62 bits per heavy atom. The first-order valence-corrected chi connectivity index (χ1v) is 4.19. The molecule has 7 heteroatoms. The molecule has 16 heavy (non-hydrogen) atoms. The van der Waals surface area contributed by atoms with Crippen molar-refractivity contribution in [2.75, 3.05) is 5.73 Å². The first kappa shape index (κ1) is 12.5. The number of hydrogen-bond acceptors (Lipinski definition) is 2. The van der Waals surface area contributed by atoms with Gasteiger partial charge in [0.05, 0.1) is 0 Å². The first-order chi connectivity index (χ1) is 7.21. The zero-order valence-corrected chi connectivity index (χ0v) is 8.11. The lowest BCUT2D eigenvalue weighted by atomic mass is 10.2. The highest BCUT2D eigenvalue weighted by Crippen LogP contribution is 2.29. The zero-order chi connectivity index (χ0) is 12.5. The maximum Gasteiger partial charge on any atom is 0.425 e. The van der Waals surface area contributed by atoms with Gasteiger partial charge < -0.3 is 10.5 Å². The molecular weight excluding hydrogens is 233 g/mol. The van der Waals surface area contributed by atoms with Crippen LogP contribution in [0.3, 0.4) is 0 Å². The van der Waals surface area contributed by atoms with E-state index < -0.39 is 29.7 Å². The Bertz CT molecular complexity index is 367. The number of nitrogens with two attached hydrogens (primary N) is 1. The molecule has 0 heterocycles. The average molecular weight is 241 g/mol. The van der Waals surface area contributed by atoms with E-state index in [1.807, 2.05) is 0 Å². The molecule has 90 valence electrons. The summed E-state index contributed by atoms with van der Waals surface area (Å²) >= 11 is 0. The summed E-state index contributed by atoms with van der Waals surface area (Å²) in [4.78, 5) is 0. The fourth-order valence-electron chi connectivity index (χ4n) is 0.936. The molecule has 0 radical (unpaired) electrons. The standard InChI is InChI=1S/C9H8F5NO/c1-4(9(12,13)14)16-8-6(10)2-5(15)3-7(8)11/h2-4H,15H2,1H3. The van der Waals surface area contributed by atoms with Gasteiger partial charge in [0.25, 0.3) is 0 Å². The molecule has 2 nitrogen and oxygen atoms in total. The quantitative estimate of drug-likeness (QED) is 0.638. The molecule has 0 spiro atoms. The maximum absolute atomic E-state index is 13.0. The van der Waals surface area contributed by atoms with Crippen LogP contribution in [-0.4, -0.2) is 12.3 Å². The van der Waals surface area contributed by atoms with Gasteiger partial charge in [-0.1, -0.05) is 0 Å². The lowest BCUT2D eigenvalue weighted by Crippen LogP contribution is -2.31. The molecule has 0 fully saturated rings. The molecule has 1 atom stereocenters. The molecule has 1 unspecified atom stereocenters. The molecule has 0 aliphatic carbocycles. The number of halogens is 5. The fraction of sp³-hybridized carbons (Fsp3) is 0.333. The largest absolute Gasteiger partial charge is 0.475 e. The number of rotatable bonds is 2. The molecule has 0 saturated heterocycles. The van der Waals surface area contributed by atoms with Crippen molar-refractivity contribution in [3.63, 3.8) is 0 Å². The second-order valence-corrected chi connectivity index (χ2v) is 3.12. The van der Waals surface area contributed by atoms with Crippen molar-refractivity contribution in [2.45, 2.75) is 19.2 Å². The fourth-order valence-corrected chi connectivity index (χ4v) is 0.936. The lowest BCUT2D eigenvalue weighted by molar-refractivity contribution is -0.190. The van der Waals surface area contributed by atoms with Crippen LogP contribution in [0.15, 0.2) is 12.1 Å². The highest BCUT2D eigenvalue weighted by molar-refractivity contribution is 5.44. The van der Waals surface area contributed by atoms with Gasteiger partial charge in [0.1, 0.15) is 0 Å². The van der Waals surface area contributed by atoms with Crippen LogP contribution in [0.4, 0.5) is 27.6 Å². The highest BCUT2D eigenvalue weighted by atomic mass is 19.4. The molecule has 0 bridgehead atoms. The van der Waals surface area contributed by atoms with E-state index in [0.29, 0.717) is 19.1 Å². The molecule has 0 aliphatic rings. The zero-order valence-electron chi connectivity index (χ0n) is 8.11. The summed E-state index contributed by atoms with van der Waals surface area (Å²) in [5.74, 6) is -3.62. The number of anilines is 1. The van der Waals surface area contributed by atoms with Crippen LogP contribution in [0.5, 0.6) is 5.75 Å². The molecule has 1 aromatic carbocycles. The normalized spacial score (nSPS) is 13.6. The Balaban J connectivity index is 2.98. The van der Waals surface area contributed by atoms with Crippen LogP contribution < -0.4 is 10.5 Å². The predicted molar refractivity (Wildman–Crippen MR) is 46.9 cm³/mol. The van der Waals surface area contributed by atoms with Gasteiger partial charge in [0.2, 0.25) is 0 Å². The van der Waals surface area contributed by atoms with Gasteiger partial charge in [0, 0.05) is 17.8 Å². The van der Waals surface area contributed by atoms with Crippen LogP contribution in [0.2, 0.25) is 0 Å². The van der Waals surface area contributed by atoms with Gasteiger partial charge in [0.15, 0.2) is 23.5 Å². The summed E-state index contributed by atoms with van der Waals surface area (Å²) in [5, 5.41) is 0. The molecule has 2 N–H and O–H groups in total. The van der Waals surface area contributed by atoms with Gasteiger partial charge in [-0.25, -0.2) is 8.78 Å². The van der Waals surface area contributed by atoms with Gasteiger partial charge >= 0.3 is 6.18 Å². The van der Waals surface area contributed by atoms with E-state index >= 15 is 0 Å². The second kappa shape index (κ2) is 4.15. The third-order valence-electron chi connectivity index (χ3n) is 1.78. The third-order valence-corrected chi connectivity index (χ3v) is 1.78. The highest BCUT2D eigenvalue weighted by Gasteiger charge is 2.39. The van der Waals surface area contributed by atoms with Gasteiger partial charge in [-0.2, -0.15) is 13.2 Å². The summed E-state index contributed by atoms with van der Waals surface area (Å²) in [6.45, 7) is 0.648. The van der Waals surface area contributed by atoms with Crippen molar-refractivity contribution in [1.82, 2.24) is 0 Å². The second-order valence-electron chi connectivity index (χ2n) is 3.12. The van der Waals surface area contributed by atoms with Crippen molar-refractivity contribution in [3.05, 3.63) is 23.8 Å². The molecule has 0 saturated carbocycles. The summed E-state index contributed by atoms with van der Waals surface area (Å²) in [5.41, 5.74) is 4.85. The predicted octanol–water partition coefficient (Wildman–Crippen LogP) is 2.88.